The minimum atomic E-state index is -0.954. The molecule has 46 heavy (non-hydrogen) atoms. The van der Waals surface area contributed by atoms with Crippen LogP contribution in [0.2, 0.25) is 10.2 Å². The van der Waals surface area contributed by atoms with Crippen LogP contribution in [0, 0.1) is 0 Å². The van der Waals surface area contributed by atoms with Gasteiger partial charge >= 0.3 is 0 Å². The predicted molar refractivity (Wildman–Crippen MR) is 198 cm³/mol. The molecule has 5 aromatic rings. The van der Waals surface area contributed by atoms with Gasteiger partial charge in [0.25, 0.3) is 0 Å². The van der Waals surface area contributed by atoms with E-state index in [1.807, 2.05) is 6.20 Å². The molecule has 1 fully saturated rings. The molecule has 0 amide bonds. The van der Waals surface area contributed by atoms with Gasteiger partial charge in [-0.05, 0) is 78.7 Å². The summed E-state index contributed by atoms with van der Waals surface area (Å²) in [6, 6.07) is 44.7. The molecule has 2 aliphatic rings. The van der Waals surface area contributed by atoms with Crippen molar-refractivity contribution in [1.82, 2.24) is 9.88 Å². The minimum absolute atomic E-state index is 0.650. The average Bonchev–Trinajstić information content (AvgIpc) is 3.27. The fourth-order valence-corrected chi connectivity index (χ4v) is 13.4. The van der Waals surface area contributed by atoms with Crippen molar-refractivity contribution in [2.24, 2.45) is 0 Å². The predicted octanol–water partition coefficient (Wildman–Crippen LogP) is 7.18. The summed E-state index contributed by atoms with van der Waals surface area (Å²) in [5.74, 6) is 0. The molecule has 2 heterocycles. The Morgan fingerprint density at radius 2 is 1.37 bits per heavy atom. The third-order valence-electron chi connectivity index (χ3n) is 9.54. The third kappa shape index (κ3) is 7.21. The topological polar surface area (TPSA) is 16.1 Å². The van der Waals surface area contributed by atoms with Crippen molar-refractivity contribution in [3.05, 3.63) is 161 Å². The maximum absolute atomic E-state index is 6.46. The average molecular weight is 652 g/mol. The molecular formula is C41H40ClN2Si2. The minimum Gasteiger partial charge on any atom is -0.303 e. The van der Waals surface area contributed by atoms with Crippen LogP contribution in [0.25, 0.3) is 5.57 Å². The van der Waals surface area contributed by atoms with E-state index < -0.39 is 8.80 Å². The van der Waals surface area contributed by atoms with Crippen molar-refractivity contribution in [3.63, 3.8) is 0 Å². The molecular weight excluding hydrogens is 612 g/mol. The smallest absolute Gasteiger partial charge is 0.121 e. The van der Waals surface area contributed by atoms with Crippen molar-refractivity contribution < 1.29 is 0 Å². The highest BCUT2D eigenvalue weighted by Gasteiger charge is 2.29. The Bertz CT molecular complexity index is 1730. The van der Waals surface area contributed by atoms with E-state index in [0.29, 0.717) is 5.16 Å². The highest BCUT2D eigenvalue weighted by Crippen LogP contribution is 2.38. The molecule has 1 atom stereocenters. The van der Waals surface area contributed by atoms with Gasteiger partial charge in [-0.1, -0.05) is 142 Å². The van der Waals surface area contributed by atoms with Gasteiger partial charge in [-0.3, -0.25) is 4.98 Å². The Balaban J connectivity index is 1.09. The number of aromatic nitrogens is 1. The summed E-state index contributed by atoms with van der Waals surface area (Å²) in [5.41, 5.74) is 8.18. The molecule has 0 N–H and O–H groups in total. The number of aryl methyl sites for hydroxylation is 2. The molecule has 1 aliphatic carbocycles. The van der Waals surface area contributed by atoms with E-state index in [9.17, 15) is 0 Å². The van der Waals surface area contributed by atoms with E-state index in [4.69, 9.17) is 16.6 Å². The number of hydrogen-bond donors (Lipinski definition) is 0. The Morgan fingerprint density at radius 1 is 0.717 bits per heavy atom. The van der Waals surface area contributed by atoms with E-state index in [0.717, 1.165) is 59.9 Å². The van der Waals surface area contributed by atoms with Crippen LogP contribution < -0.4 is 15.6 Å². The van der Waals surface area contributed by atoms with Crippen molar-refractivity contribution in [2.75, 3.05) is 19.6 Å². The molecule has 0 unspecified atom stereocenters. The number of hydrogen-bond acceptors (Lipinski definition) is 2. The van der Waals surface area contributed by atoms with E-state index >= 15 is 0 Å². The molecule has 3 radical (unpaired) electrons. The second-order valence-corrected chi connectivity index (χ2v) is 17.7. The number of likely N-dealkylation sites (tertiary alicyclic amines) is 1. The molecule has 1 aliphatic heterocycles. The Kier molecular flexibility index (Phi) is 10.1. The molecule has 2 nitrogen and oxygen atoms in total. The van der Waals surface area contributed by atoms with Crippen LogP contribution in [0.5, 0.6) is 0 Å². The Labute approximate surface area is 283 Å². The summed E-state index contributed by atoms with van der Waals surface area (Å²) < 4.78 is 0. The maximum Gasteiger partial charge on any atom is 0.121 e. The van der Waals surface area contributed by atoms with Crippen LogP contribution in [-0.2, 0) is 12.8 Å². The molecule has 7 rings (SSSR count). The summed E-state index contributed by atoms with van der Waals surface area (Å²) in [7, 11) is -0.142. The first-order valence-electron chi connectivity index (χ1n) is 16.7. The second kappa shape index (κ2) is 14.9. The lowest BCUT2D eigenvalue weighted by Crippen LogP contribution is -2.49. The van der Waals surface area contributed by atoms with Gasteiger partial charge in [0.1, 0.15) is 8.80 Å². The summed E-state index contributed by atoms with van der Waals surface area (Å²) in [4.78, 5) is 7.66. The first-order chi connectivity index (χ1) is 22.7. The molecule has 0 saturated carbocycles. The van der Waals surface area contributed by atoms with E-state index in [-0.39, 0.29) is 0 Å². The van der Waals surface area contributed by atoms with Gasteiger partial charge in [0.2, 0.25) is 0 Å². The lowest BCUT2D eigenvalue weighted by atomic mass is 9.88. The SMILES string of the molecule is Clc1ccc2c(c1)CCc1cccnc1C2=C1CCN(CCC[C@H]([Si]c2ccccc2)[Si](c2ccccc2)c2ccccc2)CC1. The van der Waals surface area contributed by atoms with Crippen LogP contribution in [-0.4, -0.2) is 47.8 Å². The summed E-state index contributed by atoms with van der Waals surface area (Å²) >= 11 is 6.46. The fourth-order valence-electron chi connectivity index (χ4n) is 7.28. The number of nitrogens with zero attached hydrogens (tertiary/aromatic N) is 2. The van der Waals surface area contributed by atoms with E-state index in [1.165, 1.54) is 56.4 Å². The van der Waals surface area contributed by atoms with Crippen LogP contribution in [0.3, 0.4) is 0 Å². The highest BCUT2D eigenvalue weighted by atomic mass is 35.5. The van der Waals surface area contributed by atoms with Gasteiger partial charge in [0.05, 0.1) is 15.2 Å². The number of fused-ring (bicyclic) bond motifs is 2. The third-order valence-corrected chi connectivity index (χ3v) is 15.3. The maximum atomic E-state index is 6.46. The number of benzene rings is 4. The largest absolute Gasteiger partial charge is 0.303 e. The number of halogens is 1. The van der Waals surface area contributed by atoms with Gasteiger partial charge in [-0.15, -0.1) is 0 Å². The molecule has 5 heteroatoms. The lowest BCUT2D eigenvalue weighted by Gasteiger charge is -2.31. The van der Waals surface area contributed by atoms with Crippen molar-refractivity contribution in [2.45, 2.75) is 43.7 Å². The molecule has 1 saturated heterocycles. The monoisotopic (exact) mass is 651 g/mol. The first-order valence-corrected chi connectivity index (χ1v) is 19.7. The van der Waals surface area contributed by atoms with E-state index in [2.05, 4.69) is 126 Å². The highest BCUT2D eigenvalue weighted by molar-refractivity contribution is 6.93. The van der Waals surface area contributed by atoms with Crippen molar-refractivity contribution in [3.8, 4) is 0 Å². The van der Waals surface area contributed by atoms with Gasteiger partial charge in [0.15, 0.2) is 0 Å². The van der Waals surface area contributed by atoms with Gasteiger partial charge in [-0.2, -0.15) is 0 Å². The molecule has 229 valence electrons. The van der Waals surface area contributed by atoms with Crippen LogP contribution >= 0.6 is 11.6 Å². The van der Waals surface area contributed by atoms with Gasteiger partial charge in [-0.25, -0.2) is 0 Å². The summed E-state index contributed by atoms with van der Waals surface area (Å²) in [6.07, 6.45) is 8.68. The Morgan fingerprint density at radius 3 is 2.07 bits per heavy atom. The Hall–Kier alpha value is -3.55. The normalized spacial score (nSPS) is 15.7. The summed E-state index contributed by atoms with van der Waals surface area (Å²) in [6.45, 7) is 3.40. The first kappa shape index (κ1) is 31.1. The van der Waals surface area contributed by atoms with Crippen LogP contribution in [0.4, 0.5) is 0 Å². The summed E-state index contributed by atoms with van der Waals surface area (Å²) in [5, 5.41) is 6.01. The van der Waals surface area contributed by atoms with Crippen molar-refractivity contribution >= 4 is 51.1 Å². The standard InChI is InChI=1S/C41H40ClN2Si2/c42-34-22-23-38-33(30-34)21-20-32-12-10-26-43-41(32)40(38)31-24-28-44(29-25-31)27-11-19-39(45-35-13-4-1-5-14-35)46(36-15-6-2-7-16-36)37-17-8-3-9-18-37/h1-10,12-18,22-23,26,30,39H,11,19-21,24-25,27-29H2/t39-/m1/s1. The number of piperidine rings is 1. The zero-order valence-corrected chi connectivity index (χ0v) is 29.1. The second-order valence-electron chi connectivity index (χ2n) is 12.5. The number of pyridine rings is 1. The van der Waals surface area contributed by atoms with Gasteiger partial charge in [0, 0.05) is 29.9 Å². The van der Waals surface area contributed by atoms with Crippen molar-refractivity contribution in [1.29, 1.82) is 0 Å². The van der Waals surface area contributed by atoms with Crippen LogP contribution in [0.1, 0.15) is 48.1 Å². The lowest BCUT2D eigenvalue weighted by molar-refractivity contribution is 0.252. The van der Waals surface area contributed by atoms with Gasteiger partial charge < -0.3 is 4.90 Å². The quantitative estimate of drug-likeness (QED) is 0.157. The molecule has 1 aromatic heterocycles. The molecule has 4 aromatic carbocycles. The zero-order valence-electron chi connectivity index (χ0n) is 26.3. The van der Waals surface area contributed by atoms with E-state index in [1.54, 1.807) is 5.57 Å². The number of rotatable bonds is 9. The molecule has 0 spiro atoms. The van der Waals surface area contributed by atoms with Crippen LogP contribution in [0.15, 0.2) is 133 Å². The fraction of sp³-hybridized carbons (Fsp3) is 0.244. The molecule has 0 bridgehead atoms. The zero-order chi connectivity index (χ0) is 31.1.